The van der Waals surface area contributed by atoms with Crippen LogP contribution in [0.3, 0.4) is 0 Å². The van der Waals surface area contributed by atoms with E-state index in [4.69, 9.17) is 18.6 Å². The Balaban J connectivity index is 1.33. The molecule has 0 unspecified atom stereocenters. The molecule has 1 aliphatic rings. The number of phenols is 2. The molecule has 1 fully saturated rings. The summed E-state index contributed by atoms with van der Waals surface area (Å²) in [6.07, 6.45) is -5.12. The second kappa shape index (κ2) is 11.8. The van der Waals surface area contributed by atoms with Crippen LogP contribution in [0.5, 0.6) is 17.2 Å². The first-order valence-corrected chi connectivity index (χ1v) is 12.6. The predicted molar refractivity (Wildman–Crippen MR) is 145 cm³/mol. The average Bonchev–Trinajstić information content (AvgIpc) is 2.96. The van der Waals surface area contributed by atoms with Gasteiger partial charge in [0.25, 0.3) is 0 Å². The van der Waals surface area contributed by atoms with Gasteiger partial charge in [0.1, 0.15) is 65.0 Å². The second-order valence-electron chi connectivity index (χ2n) is 9.34. The minimum atomic E-state index is -1.72. The summed E-state index contributed by atoms with van der Waals surface area (Å²) < 4.78 is 22.2. The number of hydrogen-bond acceptors (Lipinski definition) is 11. The molecule has 1 aromatic heterocycles. The van der Waals surface area contributed by atoms with E-state index in [1.54, 1.807) is 30.3 Å². The molecule has 5 N–H and O–H groups in total. The normalized spacial score (nSPS) is 22.6. The lowest BCUT2D eigenvalue weighted by Gasteiger charge is -2.39. The van der Waals surface area contributed by atoms with Crippen molar-refractivity contribution in [3.05, 3.63) is 94.7 Å². The standard InChI is InChI=1S/C30H26O11/c31-18-9-7-17(8-10-18)22-14-21(33)26-20(32)12-19(13-23(26)40-22)39-30-29(37)28(36)27(35)24(41-30)15-38-25(34)11-6-16-4-2-1-3-5-16/h1-14,24,27-32,35-37H,15H2/b11-6+/t24-,27-,28+,29-,30-/m1/s1. The van der Waals surface area contributed by atoms with Gasteiger partial charge in [-0.3, -0.25) is 4.79 Å². The number of aliphatic hydroxyl groups excluding tert-OH is 3. The Labute approximate surface area is 232 Å². The lowest BCUT2D eigenvalue weighted by atomic mass is 9.99. The maximum absolute atomic E-state index is 12.7. The molecule has 5 atom stereocenters. The third-order valence-electron chi connectivity index (χ3n) is 6.46. The van der Waals surface area contributed by atoms with Gasteiger partial charge in [-0.2, -0.15) is 0 Å². The fraction of sp³-hybridized carbons (Fsp3) is 0.200. The Hall–Kier alpha value is -4.68. The van der Waals surface area contributed by atoms with Crippen LogP contribution < -0.4 is 10.2 Å². The quantitative estimate of drug-likeness (QED) is 0.165. The second-order valence-corrected chi connectivity index (χ2v) is 9.34. The van der Waals surface area contributed by atoms with Crippen molar-refractivity contribution in [2.24, 2.45) is 0 Å². The molecule has 41 heavy (non-hydrogen) atoms. The third kappa shape index (κ3) is 6.23. The van der Waals surface area contributed by atoms with Gasteiger partial charge in [-0.15, -0.1) is 0 Å². The van der Waals surface area contributed by atoms with Crippen molar-refractivity contribution in [2.75, 3.05) is 6.61 Å². The summed E-state index contributed by atoms with van der Waals surface area (Å²) in [5.41, 5.74) is 0.688. The molecule has 5 rings (SSSR count). The number of carbonyl (C=O) groups excluding carboxylic acids is 1. The average molecular weight is 563 g/mol. The van der Waals surface area contributed by atoms with Gasteiger partial charge in [0.05, 0.1) is 0 Å². The molecule has 0 aliphatic carbocycles. The first-order chi connectivity index (χ1) is 19.7. The summed E-state index contributed by atoms with van der Waals surface area (Å²) in [6.45, 7) is -0.462. The zero-order valence-corrected chi connectivity index (χ0v) is 21.4. The Morgan fingerprint density at radius 2 is 1.63 bits per heavy atom. The van der Waals surface area contributed by atoms with E-state index in [1.165, 1.54) is 30.3 Å². The van der Waals surface area contributed by atoms with Crippen molar-refractivity contribution in [1.29, 1.82) is 0 Å². The Morgan fingerprint density at radius 3 is 2.37 bits per heavy atom. The van der Waals surface area contributed by atoms with E-state index in [1.807, 2.05) is 18.2 Å². The van der Waals surface area contributed by atoms with Gasteiger partial charge >= 0.3 is 5.97 Å². The molecular formula is C30H26O11. The molecule has 0 bridgehead atoms. The number of hydrogen-bond donors (Lipinski definition) is 5. The van der Waals surface area contributed by atoms with Gasteiger partial charge < -0.3 is 44.2 Å². The van der Waals surface area contributed by atoms with Crippen molar-refractivity contribution >= 4 is 23.0 Å². The summed E-state index contributed by atoms with van der Waals surface area (Å²) in [7, 11) is 0. The van der Waals surface area contributed by atoms with Crippen LogP contribution in [0.4, 0.5) is 0 Å². The van der Waals surface area contributed by atoms with E-state index < -0.39 is 54.5 Å². The number of aromatic hydroxyl groups is 2. The number of esters is 1. The summed E-state index contributed by atoms with van der Waals surface area (Å²) >= 11 is 0. The highest BCUT2D eigenvalue weighted by atomic mass is 16.7. The van der Waals surface area contributed by atoms with Crippen molar-refractivity contribution in [2.45, 2.75) is 30.7 Å². The fourth-order valence-electron chi connectivity index (χ4n) is 4.31. The van der Waals surface area contributed by atoms with Crippen molar-refractivity contribution in [3.8, 4) is 28.6 Å². The molecule has 212 valence electrons. The first-order valence-electron chi connectivity index (χ1n) is 12.6. The number of ether oxygens (including phenoxy) is 3. The summed E-state index contributed by atoms with van der Waals surface area (Å²) in [5, 5.41) is 51.2. The first kappa shape index (κ1) is 27.9. The Kier molecular flexibility index (Phi) is 8.04. The number of benzene rings is 3. The van der Waals surface area contributed by atoms with Crippen LogP contribution in [0.15, 0.2) is 88.1 Å². The number of phenolic OH excluding ortho intramolecular Hbond substituents is 2. The molecule has 11 heteroatoms. The van der Waals surface area contributed by atoms with E-state index in [9.17, 15) is 35.1 Å². The van der Waals surface area contributed by atoms with Crippen LogP contribution in [-0.4, -0.2) is 68.8 Å². The minimum absolute atomic E-state index is 0.0280. The van der Waals surface area contributed by atoms with Crippen LogP contribution in [0.1, 0.15) is 5.56 Å². The zero-order chi connectivity index (χ0) is 29.1. The number of rotatable bonds is 7. The van der Waals surface area contributed by atoms with Gasteiger partial charge in [-0.1, -0.05) is 30.3 Å². The molecular weight excluding hydrogens is 536 g/mol. The molecule has 11 nitrogen and oxygen atoms in total. The molecule has 4 aromatic rings. The van der Waals surface area contributed by atoms with Gasteiger partial charge in [0.2, 0.25) is 6.29 Å². The lowest BCUT2D eigenvalue weighted by Crippen LogP contribution is -2.60. The molecule has 0 spiro atoms. The highest BCUT2D eigenvalue weighted by Crippen LogP contribution is 2.33. The zero-order valence-electron chi connectivity index (χ0n) is 21.4. The lowest BCUT2D eigenvalue weighted by molar-refractivity contribution is -0.278. The maximum atomic E-state index is 12.7. The Bertz CT molecular complexity index is 1610. The molecule has 2 heterocycles. The minimum Gasteiger partial charge on any atom is -0.508 e. The van der Waals surface area contributed by atoms with Crippen LogP contribution in [0.25, 0.3) is 28.4 Å². The van der Waals surface area contributed by atoms with E-state index in [-0.39, 0.29) is 28.2 Å². The van der Waals surface area contributed by atoms with Crippen molar-refractivity contribution in [1.82, 2.24) is 0 Å². The number of fused-ring (bicyclic) bond motifs is 1. The van der Waals surface area contributed by atoms with Crippen molar-refractivity contribution < 1.29 is 49.0 Å². The van der Waals surface area contributed by atoms with E-state index in [2.05, 4.69) is 0 Å². The van der Waals surface area contributed by atoms with Crippen LogP contribution in [0, 0.1) is 0 Å². The molecule has 1 aliphatic heterocycles. The van der Waals surface area contributed by atoms with Crippen LogP contribution in [-0.2, 0) is 14.3 Å². The van der Waals surface area contributed by atoms with Gasteiger partial charge in [0, 0.05) is 29.8 Å². The van der Waals surface area contributed by atoms with Crippen LogP contribution >= 0.6 is 0 Å². The smallest absolute Gasteiger partial charge is 0.330 e. The Morgan fingerprint density at radius 1 is 0.902 bits per heavy atom. The number of aliphatic hydroxyl groups is 3. The van der Waals surface area contributed by atoms with Crippen LogP contribution in [0.2, 0.25) is 0 Å². The highest BCUT2D eigenvalue weighted by Gasteiger charge is 2.45. The highest BCUT2D eigenvalue weighted by molar-refractivity contribution is 5.87. The summed E-state index contributed by atoms with van der Waals surface area (Å²) in [5.74, 6) is -1.09. The molecule has 0 radical (unpaired) electrons. The largest absolute Gasteiger partial charge is 0.508 e. The van der Waals surface area contributed by atoms with E-state index in [0.29, 0.717) is 5.56 Å². The SMILES string of the molecule is O=C(/C=C/c1ccccc1)OC[C@H]1O[C@@H](Oc2cc(O)c3c(=O)cc(-c4ccc(O)cc4)oc3c2)[C@H](O)[C@@H](O)[C@@H]1O. The van der Waals surface area contributed by atoms with Gasteiger partial charge in [-0.05, 0) is 35.9 Å². The number of carbonyl (C=O) groups is 1. The third-order valence-corrected chi connectivity index (χ3v) is 6.46. The summed E-state index contributed by atoms with van der Waals surface area (Å²) in [6, 6.07) is 18.6. The molecule has 3 aromatic carbocycles. The monoisotopic (exact) mass is 562 g/mol. The molecule has 1 saturated heterocycles. The molecule has 0 saturated carbocycles. The van der Waals surface area contributed by atoms with Gasteiger partial charge in [0.15, 0.2) is 5.43 Å². The van der Waals surface area contributed by atoms with Crippen molar-refractivity contribution in [3.63, 3.8) is 0 Å². The van der Waals surface area contributed by atoms with E-state index >= 15 is 0 Å². The maximum Gasteiger partial charge on any atom is 0.330 e. The van der Waals surface area contributed by atoms with E-state index in [0.717, 1.165) is 11.6 Å². The fourth-order valence-corrected chi connectivity index (χ4v) is 4.31. The topological polar surface area (TPSA) is 176 Å². The predicted octanol–water partition coefficient (Wildman–Crippen LogP) is 2.31. The van der Waals surface area contributed by atoms with Gasteiger partial charge in [-0.25, -0.2) is 4.79 Å². The molecule has 0 amide bonds. The summed E-state index contributed by atoms with van der Waals surface area (Å²) in [4.78, 5) is 24.9.